The van der Waals surface area contributed by atoms with Crippen LogP contribution < -0.4 is 10.5 Å². The number of piperazine rings is 1. The van der Waals surface area contributed by atoms with Crippen molar-refractivity contribution in [2.75, 3.05) is 31.9 Å². The molecule has 8 nitrogen and oxygen atoms in total. The maximum atomic E-state index is 13.9. The number of halogens is 3. The standard InChI is InChI=1S/C25H27Cl2FN6O2/c1-14(2)33-8-10-34(11-9-33)25(35)16-4-7-19(30-12-16)20-13-31-23(29)24(32-20)36-15(3)21-17(26)5-6-18(28)22(21)27/h4-7,12-15H,8-11H2,1-3H3,(H2,29,31). The van der Waals surface area contributed by atoms with Crippen LogP contribution in [-0.2, 0) is 0 Å². The first-order valence-corrected chi connectivity index (χ1v) is 12.3. The van der Waals surface area contributed by atoms with Gasteiger partial charge in [0.05, 0.1) is 22.5 Å². The molecule has 36 heavy (non-hydrogen) atoms. The van der Waals surface area contributed by atoms with E-state index in [0.29, 0.717) is 36.1 Å². The van der Waals surface area contributed by atoms with E-state index in [-0.39, 0.29) is 33.2 Å². The van der Waals surface area contributed by atoms with Crippen molar-refractivity contribution in [2.24, 2.45) is 0 Å². The second-order valence-corrected chi connectivity index (χ2v) is 9.60. The zero-order chi connectivity index (χ0) is 26.0. The van der Waals surface area contributed by atoms with Gasteiger partial charge in [-0.15, -0.1) is 0 Å². The van der Waals surface area contributed by atoms with E-state index in [2.05, 4.69) is 33.7 Å². The van der Waals surface area contributed by atoms with Crippen molar-refractivity contribution in [3.05, 3.63) is 63.6 Å². The summed E-state index contributed by atoms with van der Waals surface area (Å²) in [4.78, 5) is 30.1. The number of nitrogen functional groups attached to an aromatic ring is 1. The van der Waals surface area contributed by atoms with Crippen molar-refractivity contribution < 1.29 is 13.9 Å². The summed E-state index contributed by atoms with van der Waals surface area (Å²) in [5.41, 5.74) is 7.63. The molecule has 1 unspecified atom stereocenters. The Hall–Kier alpha value is -3.01. The van der Waals surface area contributed by atoms with E-state index in [4.69, 9.17) is 33.7 Å². The molecule has 2 aromatic heterocycles. The van der Waals surface area contributed by atoms with Crippen molar-refractivity contribution >= 4 is 34.9 Å². The third kappa shape index (κ3) is 5.53. The topological polar surface area (TPSA) is 97.5 Å². The fraction of sp³-hybridized carbons (Fsp3) is 0.360. The van der Waals surface area contributed by atoms with Gasteiger partial charge >= 0.3 is 0 Å². The lowest BCUT2D eigenvalue weighted by molar-refractivity contribution is 0.0595. The van der Waals surface area contributed by atoms with Crippen LogP contribution in [0.15, 0.2) is 36.7 Å². The van der Waals surface area contributed by atoms with Crippen molar-refractivity contribution in [2.45, 2.75) is 32.9 Å². The fourth-order valence-corrected chi connectivity index (χ4v) is 4.71. The zero-order valence-electron chi connectivity index (χ0n) is 20.2. The minimum Gasteiger partial charge on any atom is -0.467 e. The summed E-state index contributed by atoms with van der Waals surface area (Å²) in [6, 6.07) is 6.46. The number of amides is 1. The monoisotopic (exact) mass is 532 g/mol. The largest absolute Gasteiger partial charge is 0.467 e. The molecule has 2 N–H and O–H groups in total. The molecular formula is C25H27Cl2FN6O2. The predicted octanol–water partition coefficient (Wildman–Crippen LogP) is 4.87. The first kappa shape index (κ1) is 26.1. The average Bonchev–Trinajstić information content (AvgIpc) is 2.87. The molecule has 4 rings (SSSR count). The molecule has 0 bridgehead atoms. The van der Waals surface area contributed by atoms with Gasteiger partial charge in [-0.25, -0.2) is 14.4 Å². The number of benzene rings is 1. The summed E-state index contributed by atoms with van der Waals surface area (Å²) >= 11 is 12.3. The summed E-state index contributed by atoms with van der Waals surface area (Å²) < 4.78 is 19.8. The second kappa shape index (κ2) is 10.9. The van der Waals surface area contributed by atoms with Gasteiger partial charge in [0.2, 0.25) is 0 Å². The highest BCUT2D eigenvalue weighted by atomic mass is 35.5. The highest BCUT2D eigenvalue weighted by Gasteiger charge is 2.24. The number of hydrogen-bond acceptors (Lipinski definition) is 7. The van der Waals surface area contributed by atoms with Gasteiger partial charge in [-0.05, 0) is 45.0 Å². The molecular weight excluding hydrogens is 506 g/mol. The van der Waals surface area contributed by atoms with E-state index in [1.54, 1.807) is 19.1 Å². The molecule has 11 heteroatoms. The van der Waals surface area contributed by atoms with Gasteiger partial charge in [0.1, 0.15) is 17.6 Å². The van der Waals surface area contributed by atoms with Crippen LogP contribution >= 0.6 is 23.2 Å². The molecule has 1 fully saturated rings. The van der Waals surface area contributed by atoms with Crippen molar-refractivity contribution in [3.63, 3.8) is 0 Å². The van der Waals surface area contributed by atoms with Crippen LogP contribution in [0.2, 0.25) is 10.0 Å². The minimum absolute atomic E-state index is 0.0290. The molecule has 0 saturated carbocycles. The lowest BCUT2D eigenvalue weighted by Gasteiger charge is -2.36. The van der Waals surface area contributed by atoms with E-state index in [1.807, 2.05) is 4.90 Å². The van der Waals surface area contributed by atoms with Crippen LogP contribution in [0.3, 0.4) is 0 Å². The number of ether oxygens (including phenoxy) is 1. The quantitative estimate of drug-likeness (QED) is 0.452. The molecule has 1 aromatic carbocycles. The third-order valence-corrected chi connectivity index (χ3v) is 6.86. The molecule has 0 radical (unpaired) electrons. The molecule has 3 aromatic rings. The van der Waals surface area contributed by atoms with Crippen molar-refractivity contribution in [3.8, 4) is 17.3 Å². The Kier molecular flexibility index (Phi) is 7.92. The number of aromatic nitrogens is 3. The number of nitrogens with zero attached hydrogens (tertiary/aromatic N) is 5. The smallest absolute Gasteiger partial charge is 0.258 e. The van der Waals surface area contributed by atoms with E-state index in [9.17, 15) is 9.18 Å². The molecule has 0 aliphatic carbocycles. The maximum absolute atomic E-state index is 13.9. The van der Waals surface area contributed by atoms with Gasteiger partial charge in [-0.1, -0.05) is 23.2 Å². The summed E-state index contributed by atoms with van der Waals surface area (Å²) in [7, 11) is 0. The van der Waals surface area contributed by atoms with Crippen LogP contribution in [-0.4, -0.2) is 62.9 Å². The fourth-order valence-electron chi connectivity index (χ4n) is 4.03. The molecule has 1 amide bonds. The van der Waals surface area contributed by atoms with E-state index >= 15 is 0 Å². The third-order valence-electron chi connectivity index (χ3n) is 6.15. The maximum Gasteiger partial charge on any atom is 0.258 e. The van der Waals surface area contributed by atoms with Crippen molar-refractivity contribution in [1.82, 2.24) is 24.8 Å². The minimum atomic E-state index is -0.753. The molecule has 3 heterocycles. The number of anilines is 1. The van der Waals surface area contributed by atoms with E-state index < -0.39 is 11.9 Å². The normalized spacial score (nSPS) is 15.2. The SMILES string of the molecule is CC(Oc1nc(-c2ccc(C(=O)N3CCN(C(C)C)CC3)cn2)cnc1N)c1c(Cl)ccc(F)c1Cl. The molecule has 1 aliphatic rings. The van der Waals surface area contributed by atoms with Gasteiger partial charge < -0.3 is 15.4 Å². The number of pyridine rings is 1. The van der Waals surface area contributed by atoms with Gasteiger partial charge in [0.15, 0.2) is 5.82 Å². The average molecular weight is 533 g/mol. The summed E-state index contributed by atoms with van der Waals surface area (Å²) in [6.45, 7) is 9.03. The molecule has 1 aliphatic heterocycles. The summed E-state index contributed by atoms with van der Waals surface area (Å²) in [5.74, 6) is -0.592. The first-order chi connectivity index (χ1) is 17.2. The Labute approximate surface area is 219 Å². The van der Waals surface area contributed by atoms with Crippen LogP contribution in [0.5, 0.6) is 5.88 Å². The Morgan fingerprint density at radius 1 is 1.03 bits per heavy atom. The first-order valence-electron chi connectivity index (χ1n) is 11.6. The molecule has 1 atom stereocenters. The van der Waals surface area contributed by atoms with Gasteiger partial charge in [-0.2, -0.15) is 0 Å². The molecule has 1 saturated heterocycles. The predicted molar refractivity (Wildman–Crippen MR) is 138 cm³/mol. The van der Waals surface area contributed by atoms with E-state index in [0.717, 1.165) is 13.1 Å². The Morgan fingerprint density at radius 2 is 1.75 bits per heavy atom. The highest BCUT2D eigenvalue weighted by Crippen LogP contribution is 2.35. The van der Waals surface area contributed by atoms with Crippen LogP contribution in [0.4, 0.5) is 10.2 Å². The summed E-state index contributed by atoms with van der Waals surface area (Å²) in [6.07, 6.45) is 2.24. The van der Waals surface area contributed by atoms with Gasteiger partial charge in [0.25, 0.3) is 11.8 Å². The van der Waals surface area contributed by atoms with Crippen LogP contribution in [0.25, 0.3) is 11.4 Å². The number of hydrogen-bond donors (Lipinski definition) is 1. The van der Waals surface area contributed by atoms with Crippen molar-refractivity contribution in [1.29, 1.82) is 0 Å². The number of carbonyl (C=O) groups is 1. The van der Waals surface area contributed by atoms with Crippen LogP contribution in [0.1, 0.15) is 42.8 Å². The summed E-state index contributed by atoms with van der Waals surface area (Å²) in [5, 5.41) is 0.120. The number of carbonyl (C=O) groups excluding carboxylic acids is 1. The Bertz CT molecular complexity index is 1250. The lowest BCUT2D eigenvalue weighted by atomic mass is 10.1. The molecule has 0 spiro atoms. The highest BCUT2D eigenvalue weighted by molar-refractivity contribution is 6.36. The van der Waals surface area contributed by atoms with Gasteiger partial charge in [-0.3, -0.25) is 14.7 Å². The molecule has 190 valence electrons. The number of rotatable bonds is 6. The van der Waals surface area contributed by atoms with Gasteiger partial charge in [0, 0.05) is 49.0 Å². The Balaban J connectivity index is 1.49. The lowest BCUT2D eigenvalue weighted by Crippen LogP contribution is -2.50. The van der Waals surface area contributed by atoms with E-state index in [1.165, 1.54) is 24.5 Å². The zero-order valence-corrected chi connectivity index (χ0v) is 21.7. The second-order valence-electron chi connectivity index (χ2n) is 8.82. The number of nitrogens with two attached hydrogens (primary N) is 1. The Morgan fingerprint density at radius 3 is 2.39 bits per heavy atom. The van der Waals surface area contributed by atoms with Crippen LogP contribution in [0, 0.1) is 5.82 Å².